The van der Waals surface area contributed by atoms with Crippen LogP contribution in [0, 0.1) is 6.92 Å². The molecular weight excluding hydrogens is 541 g/mol. The summed E-state index contributed by atoms with van der Waals surface area (Å²) in [6, 6.07) is 9.05. The number of nitrogens with one attached hydrogen (secondary N) is 1. The fourth-order valence-electron chi connectivity index (χ4n) is 4.07. The molecule has 1 aromatic carbocycles. The lowest BCUT2D eigenvalue weighted by atomic mass is 10.0. The van der Waals surface area contributed by atoms with E-state index in [0.717, 1.165) is 16.8 Å². The zero-order valence-corrected chi connectivity index (χ0v) is 22.2. The number of ether oxygens (including phenoxy) is 1. The maximum Gasteiger partial charge on any atom is 0.259 e. The van der Waals surface area contributed by atoms with Gasteiger partial charge >= 0.3 is 0 Å². The second-order valence-corrected chi connectivity index (χ2v) is 11.3. The van der Waals surface area contributed by atoms with E-state index in [1.807, 2.05) is 19.1 Å². The molecule has 2 N–H and O–H groups in total. The highest BCUT2D eigenvalue weighted by atomic mass is 35.5. The summed E-state index contributed by atoms with van der Waals surface area (Å²) >= 11 is 15.0. The van der Waals surface area contributed by atoms with Crippen molar-refractivity contribution in [3.05, 3.63) is 75.3 Å². The number of rotatable bonds is 6. The average Bonchev–Trinajstić information content (AvgIpc) is 3.43. The maximum atomic E-state index is 13.2. The Bertz CT molecular complexity index is 1470. The smallest absolute Gasteiger partial charge is 0.259 e. The molecule has 12 heteroatoms. The normalized spacial score (nSPS) is 16.6. The number of aromatic nitrogens is 4. The molecule has 0 spiro atoms. The number of aliphatic hydroxyl groups is 1. The van der Waals surface area contributed by atoms with Crippen LogP contribution in [-0.2, 0) is 6.42 Å². The van der Waals surface area contributed by atoms with Gasteiger partial charge < -0.3 is 9.84 Å². The van der Waals surface area contributed by atoms with Crippen LogP contribution in [0.25, 0.3) is 11.1 Å². The third-order valence-corrected chi connectivity index (χ3v) is 8.44. The first kappa shape index (κ1) is 24.9. The molecule has 2 atom stereocenters. The van der Waals surface area contributed by atoms with Gasteiger partial charge in [-0.25, -0.2) is 4.98 Å². The summed E-state index contributed by atoms with van der Waals surface area (Å²) in [7, 11) is 1.52. The van der Waals surface area contributed by atoms with E-state index in [2.05, 4.69) is 25.5 Å². The molecule has 0 aliphatic heterocycles. The monoisotopic (exact) mass is 559 g/mol. The van der Waals surface area contributed by atoms with Crippen LogP contribution in [0.15, 0.2) is 47.1 Å². The van der Waals surface area contributed by atoms with Crippen LogP contribution in [0.4, 0.5) is 5.13 Å². The van der Waals surface area contributed by atoms with Gasteiger partial charge in [0.25, 0.3) is 5.91 Å². The minimum atomic E-state index is -0.705. The average molecular weight is 560 g/mol. The predicted molar refractivity (Wildman–Crippen MR) is 141 cm³/mol. The number of pyridine rings is 2. The van der Waals surface area contributed by atoms with Crippen molar-refractivity contribution in [2.75, 3.05) is 12.4 Å². The van der Waals surface area contributed by atoms with E-state index in [-0.39, 0.29) is 10.4 Å². The van der Waals surface area contributed by atoms with E-state index in [9.17, 15) is 9.90 Å². The Balaban J connectivity index is 1.35. The van der Waals surface area contributed by atoms with Gasteiger partial charge in [-0.2, -0.15) is 0 Å². The number of methoxy groups -OCH3 is 1. The molecule has 0 fully saturated rings. The number of amides is 1. The Morgan fingerprint density at radius 1 is 1.19 bits per heavy atom. The van der Waals surface area contributed by atoms with Crippen LogP contribution >= 0.6 is 46.3 Å². The summed E-state index contributed by atoms with van der Waals surface area (Å²) in [5.74, 6) is 0.0742. The number of aryl methyl sites for hydroxylation is 1. The lowest BCUT2D eigenvalue weighted by Crippen LogP contribution is -2.14. The first-order chi connectivity index (χ1) is 17.3. The number of carbonyl (C=O) groups is 1. The Kier molecular flexibility index (Phi) is 7.14. The summed E-state index contributed by atoms with van der Waals surface area (Å²) in [6.07, 6.45) is 2.97. The van der Waals surface area contributed by atoms with Crippen LogP contribution < -0.4 is 10.1 Å². The quantitative estimate of drug-likeness (QED) is 0.231. The highest BCUT2D eigenvalue weighted by molar-refractivity contribution is 8.01. The lowest BCUT2D eigenvalue weighted by Gasteiger charge is -2.13. The molecule has 4 aromatic rings. The molecule has 184 valence electrons. The molecule has 36 heavy (non-hydrogen) atoms. The van der Waals surface area contributed by atoms with Crippen molar-refractivity contribution in [3.63, 3.8) is 0 Å². The van der Waals surface area contributed by atoms with E-state index in [1.165, 1.54) is 42.6 Å². The Morgan fingerprint density at radius 3 is 2.81 bits per heavy atom. The van der Waals surface area contributed by atoms with Crippen molar-refractivity contribution in [1.29, 1.82) is 0 Å². The number of hydrogen-bond acceptors (Lipinski definition) is 9. The number of nitrogens with zero attached hydrogens (tertiary/aromatic N) is 4. The van der Waals surface area contributed by atoms with Crippen molar-refractivity contribution in [2.45, 2.75) is 29.0 Å². The van der Waals surface area contributed by atoms with Gasteiger partial charge in [-0.15, -0.1) is 10.2 Å². The summed E-state index contributed by atoms with van der Waals surface area (Å²) < 4.78 is 6.06. The fourth-order valence-corrected chi connectivity index (χ4v) is 6.68. The van der Waals surface area contributed by atoms with Crippen LogP contribution in [0.1, 0.15) is 33.3 Å². The minimum absolute atomic E-state index is 0.145. The van der Waals surface area contributed by atoms with Crippen molar-refractivity contribution in [3.8, 4) is 16.9 Å². The first-order valence-electron chi connectivity index (χ1n) is 10.8. The van der Waals surface area contributed by atoms with Crippen LogP contribution in [-0.4, -0.2) is 43.5 Å². The summed E-state index contributed by atoms with van der Waals surface area (Å²) in [4.78, 5) is 21.6. The Morgan fingerprint density at radius 2 is 2.03 bits per heavy atom. The third kappa shape index (κ3) is 4.91. The number of carbonyl (C=O) groups excluding carboxylic acids is 1. The second-order valence-electron chi connectivity index (χ2n) is 8.02. The third-order valence-electron chi connectivity index (χ3n) is 5.72. The van der Waals surface area contributed by atoms with Crippen molar-refractivity contribution in [1.82, 2.24) is 20.2 Å². The zero-order valence-electron chi connectivity index (χ0n) is 19.0. The van der Waals surface area contributed by atoms with Gasteiger partial charge in [-0.3, -0.25) is 15.1 Å². The standard InChI is InChI=1S/C24H19Cl2N5O3S2/c1-11-6-13(14-8-19(26)28-10-17(14)34-2)15(9-27-11)22(33)29-23-30-31-24(36-23)35-18-7-12-4-3-5-16(25)20(12)21(18)32/h3-6,8-10,18,21,32H,7H2,1-2H3,(H,29,30,33)/t18-,21-/m0/s1. The van der Waals surface area contributed by atoms with E-state index < -0.39 is 12.0 Å². The molecule has 1 amide bonds. The molecule has 5 rings (SSSR count). The maximum absolute atomic E-state index is 13.2. The number of anilines is 1. The van der Waals surface area contributed by atoms with E-state index in [4.69, 9.17) is 27.9 Å². The van der Waals surface area contributed by atoms with Crippen molar-refractivity contribution >= 4 is 57.3 Å². The molecule has 3 heterocycles. The Labute approximate surface area is 225 Å². The van der Waals surface area contributed by atoms with Gasteiger partial charge in [-0.1, -0.05) is 58.4 Å². The summed E-state index contributed by atoms with van der Waals surface area (Å²) in [5, 5.41) is 22.9. The zero-order chi connectivity index (χ0) is 25.4. The van der Waals surface area contributed by atoms with Crippen molar-refractivity contribution in [2.24, 2.45) is 0 Å². The number of fused-ring (bicyclic) bond motifs is 1. The molecule has 3 aromatic heterocycles. The van der Waals surface area contributed by atoms with Gasteiger partial charge in [0.1, 0.15) is 10.9 Å². The van der Waals surface area contributed by atoms with Gasteiger partial charge in [-0.05, 0) is 37.1 Å². The van der Waals surface area contributed by atoms with Crippen LogP contribution in [0.5, 0.6) is 5.75 Å². The van der Waals surface area contributed by atoms with Crippen LogP contribution in [0.2, 0.25) is 10.2 Å². The summed E-state index contributed by atoms with van der Waals surface area (Å²) in [6.45, 7) is 1.83. The number of halogens is 2. The molecule has 1 aliphatic rings. The van der Waals surface area contributed by atoms with Gasteiger partial charge in [0.05, 0.1) is 25.0 Å². The molecule has 1 aliphatic carbocycles. The lowest BCUT2D eigenvalue weighted by molar-refractivity contribution is 0.102. The number of thioether (sulfide) groups is 1. The number of aliphatic hydroxyl groups excluding tert-OH is 1. The summed E-state index contributed by atoms with van der Waals surface area (Å²) in [5.41, 5.74) is 4.06. The molecule has 0 unspecified atom stereocenters. The van der Waals surface area contributed by atoms with Gasteiger partial charge in [0.2, 0.25) is 5.13 Å². The highest BCUT2D eigenvalue weighted by Crippen LogP contribution is 2.45. The molecule has 0 saturated heterocycles. The molecular formula is C24H19Cl2N5O3S2. The van der Waals surface area contributed by atoms with Gasteiger partial charge in [0.15, 0.2) is 4.34 Å². The van der Waals surface area contributed by atoms with Crippen molar-refractivity contribution < 1.29 is 14.6 Å². The molecule has 0 bridgehead atoms. The molecule has 0 saturated carbocycles. The molecule has 8 nitrogen and oxygen atoms in total. The predicted octanol–water partition coefficient (Wildman–Crippen LogP) is 5.62. The van der Waals surface area contributed by atoms with Gasteiger partial charge in [0, 0.05) is 38.9 Å². The first-order valence-corrected chi connectivity index (χ1v) is 13.2. The number of hydrogen-bond donors (Lipinski definition) is 2. The second kappa shape index (κ2) is 10.3. The Hall–Kier alpha value is -2.76. The highest BCUT2D eigenvalue weighted by Gasteiger charge is 2.34. The van der Waals surface area contributed by atoms with Crippen LogP contribution in [0.3, 0.4) is 0 Å². The van der Waals surface area contributed by atoms with E-state index in [1.54, 1.807) is 18.2 Å². The largest absolute Gasteiger partial charge is 0.494 e. The number of benzene rings is 1. The fraction of sp³-hybridized carbons (Fsp3) is 0.208. The SMILES string of the molecule is COc1cnc(Cl)cc1-c1cc(C)ncc1C(=O)Nc1nnc(S[C@H]2Cc3cccc(Cl)c3[C@H]2O)s1. The minimum Gasteiger partial charge on any atom is -0.494 e. The van der Waals surface area contributed by atoms with E-state index in [0.29, 0.717) is 43.4 Å². The topological polar surface area (TPSA) is 110 Å². The van der Waals surface area contributed by atoms with E-state index >= 15 is 0 Å². The molecule has 0 radical (unpaired) electrons.